The molecule has 0 aromatic carbocycles. The van der Waals surface area contributed by atoms with Crippen LogP contribution < -0.4 is 10.2 Å². The van der Waals surface area contributed by atoms with Crippen molar-refractivity contribution in [2.45, 2.75) is 6.92 Å². The van der Waals surface area contributed by atoms with Crippen molar-refractivity contribution in [2.24, 2.45) is 0 Å². The van der Waals surface area contributed by atoms with Gasteiger partial charge in [0.2, 0.25) is 5.91 Å². The van der Waals surface area contributed by atoms with Crippen LogP contribution in [0.15, 0.2) is 6.07 Å². The number of piperazine rings is 1. The molecule has 0 radical (unpaired) electrons. The van der Waals surface area contributed by atoms with E-state index in [0.29, 0.717) is 19.6 Å². The molecule has 0 saturated carbocycles. The number of aromatic nitrogens is 1. The predicted molar refractivity (Wildman–Crippen MR) is 68.2 cm³/mol. The maximum atomic E-state index is 13.8. The number of nitrogens with one attached hydrogen (secondary N) is 1. The third-order valence-electron chi connectivity index (χ3n) is 3.01. The van der Waals surface area contributed by atoms with Crippen LogP contribution in [0.4, 0.5) is 20.4 Å². The molecule has 7 heteroatoms. The fraction of sp³-hybridized carbons (Fsp3) is 0.500. The Labute approximate surface area is 110 Å². The van der Waals surface area contributed by atoms with E-state index in [1.165, 1.54) is 4.90 Å². The summed E-state index contributed by atoms with van der Waals surface area (Å²) in [6.45, 7) is 3.30. The molecule has 1 N–H and O–H groups in total. The number of hydrogen-bond donors (Lipinski definition) is 1. The van der Waals surface area contributed by atoms with Gasteiger partial charge in [0.1, 0.15) is 0 Å². The van der Waals surface area contributed by atoms with Gasteiger partial charge in [0.15, 0.2) is 23.3 Å². The zero-order valence-electron chi connectivity index (χ0n) is 10.9. The molecule has 2 rings (SSSR count). The molecule has 1 fully saturated rings. The lowest BCUT2D eigenvalue weighted by Gasteiger charge is -2.33. The Morgan fingerprint density at radius 1 is 1.37 bits per heavy atom. The fourth-order valence-electron chi connectivity index (χ4n) is 1.91. The molecule has 1 aromatic heterocycles. The third-order valence-corrected chi connectivity index (χ3v) is 3.01. The van der Waals surface area contributed by atoms with Gasteiger partial charge < -0.3 is 15.1 Å². The second kappa shape index (κ2) is 5.38. The summed E-state index contributed by atoms with van der Waals surface area (Å²) in [7, 11) is 1.69. The van der Waals surface area contributed by atoms with Crippen molar-refractivity contribution in [1.29, 1.82) is 0 Å². The van der Waals surface area contributed by atoms with Gasteiger partial charge in [0.25, 0.3) is 0 Å². The van der Waals surface area contributed by atoms with Gasteiger partial charge >= 0.3 is 0 Å². The van der Waals surface area contributed by atoms with Crippen molar-refractivity contribution in [3.63, 3.8) is 0 Å². The number of halogens is 2. The third kappa shape index (κ3) is 2.74. The van der Waals surface area contributed by atoms with Crippen LogP contribution in [0, 0.1) is 11.6 Å². The normalized spacial score (nSPS) is 15.9. The van der Waals surface area contributed by atoms with Gasteiger partial charge in [-0.05, 0) is 6.92 Å². The van der Waals surface area contributed by atoms with Gasteiger partial charge in [-0.3, -0.25) is 4.79 Å². The van der Waals surface area contributed by atoms with Crippen LogP contribution in [0.25, 0.3) is 0 Å². The minimum Gasteiger partial charge on any atom is -0.368 e. The quantitative estimate of drug-likeness (QED) is 0.892. The number of nitrogens with zero attached hydrogens (tertiary/aromatic N) is 3. The summed E-state index contributed by atoms with van der Waals surface area (Å²) >= 11 is 0. The lowest BCUT2D eigenvalue weighted by molar-refractivity contribution is -0.129. The van der Waals surface area contributed by atoms with Crippen molar-refractivity contribution in [1.82, 2.24) is 9.88 Å². The standard InChI is InChI=1S/C12H16F2N4O/c1-3-15-11-8(13)6-9(14)12(16-11)18-5-4-17(2)10(19)7-18/h6H,3-5,7H2,1-2H3,(H,15,16). The van der Waals surface area contributed by atoms with E-state index in [2.05, 4.69) is 10.3 Å². The number of carbonyl (C=O) groups excluding carboxylic acids is 1. The maximum absolute atomic E-state index is 13.8. The van der Waals surface area contributed by atoms with Gasteiger partial charge in [-0.1, -0.05) is 0 Å². The van der Waals surface area contributed by atoms with E-state index in [9.17, 15) is 13.6 Å². The van der Waals surface area contributed by atoms with Crippen molar-refractivity contribution in [3.05, 3.63) is 17.7 Å². The van der Waals surface area contributed by atoms with Crippen molar-refractivity contribution in [3.8, 4) is 0 Å². The summed E-state index contributed by atoms with van der Waals surface area (Å²) in [6, 6.07) is 0.795. The molecule has 0 spiro atoms. The van der Waals surface area contributed by atoms with Crippen LogP contribution in [0.3, 0.4) is 0 Å². The van der Waals surface area contributed by atoms with Crippen molar-refractivity contribution in [2.75, 3.05) is 43.4 Å². The smallest absolute Gasteiger partial charge is 0.241 e. The minimum absolute atomic E-state index is 0.00489. The number of pyridine rings is 1. The van der Waals surface area contributed by atoms with Crippen molar-refractivity contribution < 1.29 is 13.6 Å². The summed E-state index contributed by atoms with van der Waals surface area (Å²) < 4.78 is 27.2. The molecule has 0 unspecified atom stereocenters. The molecule has 1 amide bonds. The summed E-state index contributed by atoms with van der Waals surface area (Å²) in [4.78, 5) is 18.6. The summed E-state index contributed by atoms with van der Waals surface area (Å²) in [5.74, 6) is -1.58. The number of amides is 1. The van der Waals surface area contributed by atoms with E-state index in [1.807, 2.05) is 0 Å². The number of hydrogen-bond acceptors (Lipinski definition) is 4. The number of likely N-dealkylation sites (N-methyl/N-ethyl adjacent to an activating group) is 1. The molecule has 0 atom stereocenters. The van der Waals surface area contributed by atoms with E-state index in [1.54, 1.807) is 18.9 Å². The van der Waals surface area contributed by atoms with Gasteiger partial charge in [0, 0.05) is 32.7 Å². The second-order valence-corrected chi connectivity index (χ2v) is 4.39. The first-order chi connectivity index (χ1) is 9.02. The highest BCUT2D eigenvalue weighted by Gasteiger charge is 2.25. The van der Waals surface area contributed by atoms with Gasteiger partial charge in [-0.15, -0.1) is 0 Å². The largest absolute Gasteiger partial charge is 0.368 e. The zero-order valence-corrected chi connectivity index (χ0v) is 10.9. The highest BCUT2D eigenvalue weighted by Crippen LogP contribution is 2.23. The molecular formula is C12H16F2N4O. The number of rotatable bonds is 3. The van der Waals surface area contributed by atoms with E-state index in [0.717, 1.165) is 6.07 Å². The van der Waals surface area contributed by atoms with E-state index >= 15 is 0 Å². The molecule has 1 aliphatic rings. The first-order valence-corrected chi connectivity index (χ1v) is 6.11. The predicted octanol–water partition coefficient (Wildman–Crippen LogP) is 1.07. The van der Waals surface area contributed by atoms with Crippen LogP contribution in [0.1, 0.15) is 6.92 Å². The van der Waals surface area contributed by atoms with E-state index < -0.39 is 11.6 Å². The molecule has 0 bridgehead atoms. The maximum Gasteiger partial charge on any atom is 0.241 e. The fourth-order valence-corrected chi connectivity index (χ4v) is 1.91. The molecule has 5 nitrogen and oxygen atoms in total. The molecule has 104 valence electrons. The van der Waals surface area contributed by atoms with Crippen LogP contribution in [0.2, 0.25) is 0 Å². The number of carbonyl (C=O) groups is 1. The summed E-state index contributed by atoms with van der Waals surface area (Å²) in [5.41, 5.74) is 0. The molecule has 1 aliphatic heterocycles. The SMILES string of the molecule is CCNc1nc(N2CCN(C)C(=O)C2)c(F)cc1F. The molecule has 0 aliphatic carbocycles. The summed E-state index contributed by atoms with van der Waals surface area (Å²) in [6.07, 6.45) is 0. The van der Waals surface area contributed by atoms with Crippen LogP contribution in [-0.2, 0) is 4.79 Å². The average Bonchev–Trinajstić information content (AvgIpc) is 2.36. The monoisotopic (exact) mass is 270 g/mol. The van der Waals surface area contributed by atoms with Gasteiger partial charge in [0.05, 0.1) is 6.54 Å². The van der Waals surface area contributed by atoms with Crippen LogP contribution in [-0.4, -0.2) is 49.0 Å². The Hall–Kier alpha value is -1.92. The highest BCUT2D eigenvalue weighted by molar-refractivity contribution is 5.82. The Morgan fingerprint density at radius 3 is 2.74 bits per heavy atom. The zero-order chi connectivity index (χ0) is 14.0. The molecule has 1 aromatic rings. The van der Waals surface area contributed by atoms with E-state index in [-0.39, 0.29) is 24.1 Å². The first-order valence-electron chi connectivity index (χ1n) is 6.11. The minimum atomic E-state index is -0.753. The van der Waals surface area contributed by atoms with Gasteiger partial charge in [-0.2, -0.15) is 0 Å². The Morgan fingerprint density at radius 2 is 2.11 bits per heavy atom. The lowest BCUT2D eigenvalue weighted by Crippen LogP contribution is -2.49. The second-order valence-electron chi connectivity index (χ2n) is 4.39. The molecule has 1 saturated heterocycles. The Balaban J connectivity index is 2.28. The summed E-state index contributed by atoms with van der Waals surface area (Å²) in [5, 5.41) is 2.73. The first kappa shape index (κ1) is 13.5. The molecular weight excluding hydrogens is 254 g/mol. The number of anilines is 2. The Kier molecular flexibility index (Phi) is 3.82. The average molecular weight is 270 g/mol. The van der Waals surface area contributed by atoms with Gasteiger partial charge in [-0.25, -0.2) is 13.8 Å². The lowest BCUT2D eigenvalue weighted by atomic mass is 10.3. The molecule has 19 heavy (non-hydrogen) atoms. The highest BCUT2D eigenvalue weighted by atomic mass is 19.1. The van der Waals surface area contributed by atoms with E-state index in [4.69, 9.17) is 0 Å². The van der Waals surface area contributed by atoms with Crippen LogP contribution in [0.5, 0.6) is 0 Å². The molecule has 2 heterocycles. The van der Waals surface area contributed by atoms with Crippen LogP contribution >= 0.6 is 0 Å². The topological polar surface area (TPSA) is 48.5 Å². The Bertz CT molecular complexity index is 495. The van der Waals surface area contributed by atoms with Crippen molar-refractivity contribution >= 4 is 17.5 Å².